The van der Waals surface area contributed by atoms with Gasteiger partial charge in [-0.3, -0.25) is 4.79 Å². The number of sulfone groups is 1. The number of hydrogen-bond donors (Lipinski definition) is 0. The van der Waals surface area contributed by atoms with Gasteiger partial charge in [-0.2, -0.15) is 0 Å². The summed E-state index contributed by atoms with van der Waals surface area (Å²) in [5, 5.41) is 8.21. The standard InChI is InChI=1S/C18H22N2O5S2/c1-18(2,3)13-6-4-12(5-7-13)16-19-20-17(25-16)26-10-15(21)24-14-8-9-27(22,23)11-14/h4-7,14H,8-11H2,1-3H3/t14-/m0/s1. The number of nitrogens with zero attached hydrogens (tertiary/aromatic N) is 2. The summed E-state index contributed by atoms with van der Waals surface area (Å²) in [6.45, 7) is 6.43. The maximum absolute atomic E-state index is 11.9. The molecule has 1 aromatic heterocycles. The van der Waals surface area contributed by atoms with Gasteiger partial charge in [-0.05, 0) is 29.5 Å². The van der Waals surface area contributed by atoms with E-state index in [4.69, 9.17) is 9.15 Å². The van der Waals surface area contributed by atoms with Crippen LogP contribution in [0.1, 0.15) is 32.8 Å². The lowest BCUT2D eigenvalue weighted by Crippen LogP contribution is -2.20. The zero-order valence-electron chi connectivity index (χ0n) is 15.5. The fraction of sp³-hybridized carbons (Fsp3) is 0.500. The van der Waals surface area contributed by atoms with Crippen LogP contribution in [0, 0.1) is 0 Å². The third kappa shape index (κ3) is 5.32. The summed E-state index contributed by atoms with van der Waals surface area (Å²) in [7, 11) is -3.07. The van der Waals surface area contributed by atoms with Gasteiger partial charge in [0, 0.05) is 5.56 Å². The first-order chi connectivity index (χ1) is 12.6. The van der Waals surface area contributed by atoms with Crippen LogP contribution in [-0.2, 0) is 24.8 Å². The zero-order chi connectivity index (χ0) is 19.7. The quantitative estimate of drug-likeness (QED) is 0.548. The molecule has 1 fully saturated rings. The summed E-state index contributed by atoms with van der Waals surface area (Å²) in [4.78, 5) is 11.9. The van der Waals surface area contributed by atoms with Crippen molar-refractivity contribution >= 4 is 27.6 Å². The first-order valence-corrected chi connectivity index (χ1v) is 11.4. The average molecular weight is 411 g/mol. The highest BCUT2D eigenvalue weighted by atomic mass is 32.2. The van der Waals surface area contributed by atoms with Gasteiger partial charge in [-0.15, -0.1) is 10.2 Å². The molecule has 7 nitrogen and oxygen atoms in total. The Labute approximate surface area is 162 Å². The molecule has 1 aliphatic rings. The molecule has 0 radical (unpaired) electrons. The minimum Gasteiger partial charge on any atom is -0.461 e. The summed E-state index contributed by atoms with van der Waals surface area (Å²) in [6, 6.07) is 7.91. The van der Waals surface area contributed by atoms with Crippen molar-refractivity contribution in [1.29, 1.82) is 0 Å². The fourth-order valence-electron chi connectivity index (χ4n) is 2.69. The number of benzene rings is 1. The molecule has 0 spiro atoms. The number of thioether (sulfide) groups is 1. The van der Waals surface area contributed by atoms with Gasteiger partial charge in [0.05, 0.1) is 11.5 Å². The predicted octanol–water partition coefficient (Wildman–Crippen LogP) is 2.86. The van der Waals surface area contributed by atoms with Gasteiger partial charge in [0.1, 0.15) is 11.9 Å². The van der Waals surface area contributed by atoms with Crippen molar-refractivity contribution in [2.24, 2.45) is 0 Å². The molecule has 1 atom stereocenters. The lowest BCUT2D eigenvalue weighted by molar-refractivity contribution is -0.144. The van der Waals surface area contributed by atoms with Crippen molar-refractivity contribution in [3.8, 4) is 11.5 Å². The van der Waals surface area contributed by atoms with Crippen molar-refractivity contribution in [3.63, 3.8) is 0 Å². The van der Waals surface area contributed by atoms with Crippen LogP contribution in [0.2, 0.25) is 0 Å². The summed E-state index contributed by atoms with van der Waals surface area (Å²) >= 11 is 1.07. The zero-order valence-corrected chi connectivity index (χ0v) is 17.1. The van der Waals surface area contributed by atoms with Crippen molar-refractivity contribution in [1.82, 2.24) is 10.2 Å². The van der Waals surface area contributed by atoms with Crippen molar-refractivity contribution in [3.05, 3.63) is 29.8 Å². The Kier molecular flexibility index (Phi) is 5.62. The Bertz CT molecular complexity index is 914. The Hall–Kier alpha value is -1.87. The van der Waals surface area contributed by atoms with E-state index in [0.717, 1.165) is 17.3 Å². The molecule has 2 heterocycles. The Balaban J connectivity index is 1.54. The van der Waals surface area contributed by atoms with Gasteiger partial charge >= 0.3 is 5.97 Å². The SMILES string of the molecule is CC(C)(C)c1ccc(-c2nnc(SCC(=O)O[C@H]3CCS(=O)(=O)C3)o2)cc1. The van der Waals surface area contributed by atoms with Crippen molar-refractivity contribution in [2.45, 2.75) is 43.9 Å². The summed E-state index contributed by atoms with van der Waals surface area (Å²) < 4.78 is 33.5. The number of ether oxygens (including phenoxy) is 1. The molecular formula is C18H22N2O5S2. The Morgan fingerprint density at radius 3 is 2.56 bits per heavy atom. The van der Waals surface area contributed by atoms with Gasteiger partial charge in [0.15, 0.2) is 9.84 Å². The van der Waals surface area contributed by atoms with Crippen LogP contribution in [0.25, 0.3) is 11.5 Å². The van der Waals surface area contributed by atoms with E-state index in [2.05, 4.69) is 31.0 Å². The molecule has 1 aliphatic heterocycles. The Morgan fingerprint density at radius 1 is 1.26 bits per heavy atom. The number of carbonyl (C=O) groups excluding carboxylic acids is 1. The van der Waals surface area contributed by atoms with Gasteiger partial charge in [-0.1, -0.05) is 44.7 Å². The normalized spacial score (nSPS) is 19.1. The number of hydrogen-bond acceptors (Lipinski definition) is 8. The van der Waals surface area contributed by atoms with Crippen LogP contribution in [0.5, 0.6) is 0 Å². The highest BCUT2D eigenvalue weighted by Gasteiger charge is 2.30. The van der Waals surface area contributed by atoms with E-state index in [1.807, 2.05) is 24.3 Å². The molecule has 0 amide bonds. The molecule has 0 saturated carbocycles. The second kappa shape index (κ2) is 7.63. The second-order valence-electron chi connectivity index (χ2n) is 7.50. The number of rotatable bonds is 5. The summed E-state index contributed by atoms with van der Waals surface area (Å²) in [5.74, 6) is -0.150. The number of aromatic nitrogens is 2. The van der Waals surface area contributed by atoms with Gasteiger partial charge < -0.3 is 9.15 Å². The van der Waals surface area contributed by atoms with Crippen LogP contribution >= 0.6 is 11.8 Å². The Morgan fingerprint density at radius 2 is 1.96 bits per heavy atom. The molecule has 1 saturated heterocycles. The van der Waals surface area contributed by atoms with Gasteiger partial charge in [-0.25, -0.2) is 8.42 Å². The molecule has 27 heavy (non-hydrogen) atoms. The average Bonchev–Trinajstić information content (AvgIpc) is 3.19. The van der Waals surface area contributed by atoms with Crippen LogP contribution in [-0.4, -0.2) is 47.9 Å². The maximum atomic E-state index is 11.9. The lowest BCUT2D eigenvalue weighted by atomic mass is 9.87. The van der Waals surface area contributed by atoms with E-state index in [-0.39, 0.29) is 27.9 Å². The van der Waals surface area contributed by atoms with E-state index in [1.54, 1.807) is 0 Å². The molecular weight excluding hydrogens is 388 g/mol. The summed E-state index contributed by atoms with van der Waals surface area (Å²) in [6.07, 6.45) is -0.198. The van der Waals surface area contributed by atoms with E-state index < -0.39 is 21.9 Å². The van der Waals surface area contributed by atoms with Crippen LogP contribution < -0.4 is 0 Å². The molecule has 9 heteroatoms. The van der Waals surface area contributed by atoms with Crippen LogP contribution in [0.4, 0.5) is 0 Å². The van der Waals surface area contributed by atoms with Gasteiger partial charge in [0.25, 0.3) is 5.22 Å². The highest BCUT2D eigenvalue weighted by molar-refractivity contribution is 7.99. The lowest BCUT2D eigenvalue weighted by Gasteiger charge is -2.18. The molecule has 146 valence electrons. The minimum atomic E-state index is -3.07. The van der Waals surface area contributed by atoms with Crippen LogP contribution in [0.15, 0.2) is 33.9 Å². The molecule has 0 unspecified atom stereocenters. The largest absolute Gasteiger partial charge is 0.461 e. The second-order valence-corrected chi connectivity index (χ2v) is 10.7. The van der Waals surface area contributed by atoms with Gasteiger partial charge in [0.2, 0.25) is 5.89 Å². The molecule has 2 aromatic rings. The maximum Gasteiger partial charge on any atom is 0.316 e. The molecule has 0 aliphatic carbocycles. The predicted molar refractivity (Wildman–Crippen MR) is 102 cm³/mol. The van der Waals surface area contributed by atoms with Crippen molar-refractivity contribution < 1.29 is 22.4 Å². The molecule has 0 bridgehead atoms. The molecule has 3 rings (SSSR count). The number of esters is 1. The molecule has 0 N–H and O–H groups in total. The molecule has 1 aromatic carbocycles. The first-order valence-electron chi connectivity index (χ1n) is 8.59. The van der Waals surface area contributed by atoms with E-state index >= 15 is 0 Å². The number of carbonyl (C=O) groups is 1. The third-order valence-electron chi connectivity index (χ3n) is 4.21. The summed E-state index contributed by atoms with van der Waals surface area (Å²) in [5.41, 5.74) is 2.08. The fourth-order valence-corrected chi connectivity index (χ4v) is 4.83. The smallest absolute Gasteiger partial charge is 0.316 e. The van der Waals surface area contributed by atoms with Crippen LogP contribution in [0.3, 0.4) is 0 Å². The van der Waals surface area contributed by atoms with E-state index in [1.165, 1.54) is 5.56 Å². The first kappa shape index (κ1) is 19.9. The third-order valence-corrected chi connectivity index (χ3v) is 6.74. The van der Waals surface area contributed by atoms with E-state index in [9.17, 15) is 13.2 Å². The van der Waals surface area contributed by atoms with Crippen molar-refractivity contribution in [2.75, 3.05) is 17.3 Å². The monoisotopic (exact) mass is 410 g/mol. The minimum absolute atomic E-state index is 0.0128. The highest BCUT2D eigenvalue weighted by Crippen LogP contribution is 2.27. The van der Waals surface area contributed by atoms with E-state index in [0.29, 0.717) is 12.3 Å². The topological polar surface area (TPSA) is 99.4 Å².